The van der Waals surface area contributed by atoms with Crippen molar-refractivity contribution in [2.24, 2.45) is 5.92 Å². The normalized spacial score (nSPS) is 13.2. The van der Waals surface area contributed by atoms with Gasteiger partial charge >= 0.3 is 0 Å². The van der Waals surface area contributed by atoms with Crippen LogP contribution >= 0.6 is 15.9 Å². The summed E-state index contributed by atoms with van der Waals surface area (Å²) in [6.45, 7) is 9.99. The van der Waals surface area contributed by atoms with Gasteiger partial charge in [-0.3, -0.25) is 4.90 Å². The highest BCUT2D eigenvalue weighted by atomic mass is 79.9. The van der Waals surface area contributed by atoms with Gasteiger partial charge in [0.1, 0.15) is 0 Å². The van der Waals surface area contributed by atoms with Gasteiger partial charge in [0.2, 0.25) is 0 Å². The number of rotatable bonds is 8. The summed E-state index contributed by atoms with van der Waals surface area (Å²) in [4.78, 5) is 2.41. The Morgan fingerprint density at radius 1 is 1.21 bits per heavy atom. The molecule has 0 aromatic heterocycles. The maximum absolute atomic E-state index is 3.61. The van der Waals surface area contributed by atoms with Crippen LogP contribution in [0.25, 0.3) is 0 Å². The molecule has 1 aromatic rings. The Kier molecular flexibility index (Phi) is 7.66. The number of hydrogen-bond acceptors (Lipinski definition) is 2. The Morgan fingerprint density at radius 3 is 2.53 bits per heavy atom. The average Bonchev–Trinajstić information content (AvgIpc) is 2.36. The molecule has 1 N–H and O–H groups in total. The van der Waals surface area contributed by atoms with Gasteiger partial charge in [0.05, 0.1) is 0 Å². The van der Waals surface area contributed by atoms with Crippen molar-refractivity contribution in [2.75, 3.05) is 20.1 Å². The molecule has 19 heavy (non-hydrogen) atoms. The third-order valence-electron chi connectivity index (χ3n) is 3.42. The Bertz CT molecular complexity index is 366. The first-order chi connectivity index (χ1) is 9.00. The van der Waals surface area contributed by atoms with Crippen LogP contribution < -0.4 is 5.32 Å². The second-order valence-corrected chi connectivity index (χ2v) is 6.60. The molecule has 0 spiro atoms. The van der Waals surface area contributed by atoms with E-state index >= 15 is 0 Å². The van der Waals surface area contributed by atoms with Crippen molar-refractivity contribution in [3.8, 4) is 0 Å². The van der Waals surface area contributed by atoms with Crippen molar-refractivity contribution in [1.29, 1.82) is 0 Å². The first-order valence-corrected chi connectivity index (χ1v) is 7.94. The number of benzene rings is 1. The molecule has 0 aliphatic heterocycles. The minimum atomic E-state index is 0.590. The van der Waals surface area contributed by atoms with Crippen molar-refractivity contribution >= 4 is 15.9 Å². The zero-order valence-corrected chi connectivity index (χ0v) is 14.2. The van der Waals surface area contributed by atoms with Crippen LogP contribution in [0.15, 0.2) is 28.7 Å². The molecule has 1 atom stereocenters. The molecule has 2 nitrogen and oxygen atoms in total. The van der Waals surface area contributed by atoms with Gasteiger partial charge < -0.3 is 5.32 Å². The van der Waals surface area contributed by atoms with E-state index in [0.717, 1.165) is 25.6 Å². The molecule has 0 aliphatic carbocycles. The van der Waals surface area contributed by atoms with E-state index in [1.165, 1.54) is 16.5 Å². The summed E-state index contributed by atoms with van der Waals surface area (Å²) in [7, 11) is 2.20. The Labute approximate surface area is 126 Å². The topological polar surface area (TPSA) is 15.3 Å². The number of nitrogens with zero attached hydrogens (tertiary/aromatic N) is 1. The van der Waals surface area contributed by atoms with Crippen LogP contribution in [0.1, 0.15) is 32.8 Å². The molecule has 0 heterocycles. The van der Waals surface area contributed by atoms with Crippen molar-refractivity contribution < 1.29 is 0 Å². The van der Waals surface area contributed by atoms with Crippen LogP contribution in [-0.2, 0) is 6.54 Å². The van der Waals surface area contributed by atoms with Gasteiger partial charge in [0.15, 0.2) is 0 Å². The summed E-state index contributed by atoms with van der Waals surface area (Å²) >= 11 is 3.61. The summed E-state index contributed by atoms with van der Waals surface area (Å²) in [5, 5.41) is 3.51. The monoisotopic (exact) mass is 326 g/mol. The van der Waals surface area contributed by atoms with Crippen LogP contribution in [0.2, 0.25) is 0 Å². The van der Waals surface area contributed by atoms with Crippen molar-refractivity contribution in [3.05, 3.63) is 34.3 Å². The molecule has 108 valence electrons. The molecule has 0 saturated heterocycles. The summed E-state index contributed by atoms with van der Waals surface area (Å²) in [6.07, 6.45) is 1.19. The highest BCUT2D eigenvalue weighted by Crippen LogP contribution is 2.18. The molecule has 3 heteroatoms. The Morgan fingerprint density at radius 2 is 1.89 bits per heavy atom. The minimum absolute atomic E-state index is 0.590. The molecular formula is C16H27BrN2. The van der Waals surface area contributed by atoms with Crippen LogP contribution in [-0.4, -0.2) is 31.1 Å². The number of halogens is 1. The largest absolute Gasteiger partial charge is 0.316 e. The SMILES string of the molecule is CC(C)CNCCC(C)N(C)Cc1ccccc1Br. The first-order valence-electron chi connectivity index (χ1n) is 7.15. The highest BCUT2D eigenvalue weighted by Gasteiger charge is 2.10. The maximum atomic E-state index is 3.61. The minimum Gasteiger partial charge on any atom is -0.316 e. The molecule has 1 aromatic carbocycles. The van der Waals surface area contributed by atoms with Gasteiger partial charge in [0, 0.05) is 17.1 Å². The van der Waals surface area contributed by atoms with Crippen LogP contribution in [0.3, 0.4) is 0 Å². The summed E-state index contributed by atoms with van der Waals surface area (Å²) in [6, 6.07) is 9.05. The van der Waals surface area contributed by atoms with E-state index in [1.807, 2.05) is 0 Å². The van der Waals surface area contributed by atoms with E-state index in [2.05, 4.69) is 78.2 Å². The molecule has 1 rings (SSSR count). The van der Waals surface area contributed by atoms with Gasteiger partial charge in [-0.1, -0.05) is 48.0 Å². The quantitative estimate of drug-likeness (QED) is 0.729. The smallest absolute Gasteiger partial charge is 0.0244 e. The number of hydrogen-bond donors (Lipinski definition) is 1. The van der Waals surface area contributed by atoms with Gasteiger partial charge in [-0.25, -0.2) is 0 Å². The van der Waals surface area contributed by atoms with Crippen LogP contribution in [0.4, 0.5) is 0 Å². The van der Waals surface area contributed by atoms with E-state index in [1.54, 1.807) is 0 Å². The predicted octanol–water partition coefficient (Wildman–Crippen LogP) is 3.91. The first kappa shape index (κ1) is 16.7. The summed E-state index contributed by atoms with van der Waals surface area (Å²) in [5.74, 6) is 0.730. The van der Waals surface area contributed by atoms with Gasteiger partial charge in [-0.2, -0.15) is 0 Å². The zero-order valence-electron chi connectivity index (χ0n) is 12.6. The lowest BCUT2D eigenvalue weighted by atomic mass is 10.1. The summed E-state index contributed by atoms with van der Waals surface area (Å²) < 4.78 is 1.20. The Hall–Kier alpha value is -0.380. The van der Waals surface area contributed by atoms with E-state index in [9.17, 15) is 0 Å². The summed E-state index contributed by atoms with van der Waals surface area (Å²) in [5.41, 5.74) is 1.35. The highest BCUT2D eigenvalue weighted by molar-refractivity contribution is 9.10. The third kappa shape index (κ3) is 6.55. The van der Waals surface area contributed by atoms with E-state index in [-0.39, 0.29) is 0 Å². The lowest BCUT2D eigenvalue weighted by Gasteiger charge is -2.25. The van der Waals surface area contributed by atoms with Gasteiger partial charge in [-0.05, 0) is 51.0 Å². The fourth-order valence-electron chi connectivity index (χ4n) is 1.97. The van der Waals surface area contributed by atoms with E-state index < -0.39 is 0 Å². The second-order valence-electron chi connectivity index (χ2n) is 5.74. The predicted molar refractivity (Wildman–Crippen MR) is 87.4 cm³/mol. The molecule has 0 amide bonds. The van der Waals surface area contributed by atoms with E-state index in [0.29, 0.717) is 6.04 Å². The molecule has 0 bridgehead atoms. The van der Waals surface area contributed by atoms with Gasteiger partial charge in [-0.15, -0.1) is 0 Å². The van der Waals surface area contributed by atoms with E-state index in [4.69, 9.17) is 0 Å². The van der Waals surface area contributed by atoms with Gasteiger partial charge in [0.25, 0.3) is 0 Å². The number of nitrogens with one attached hydrogen (secondary N) is 1. The Balaban J connectivity index is 2.32. The lowest BCUT2D eigenvalue weighted by Crippen LogP contribution is -2.32. The maximum Gasteiger partial charge on any atom is 0.0244 e. The standard InChI is InChI=1S/C16H27BrN2/c1-13(2)11-18-10-9-14(3)19(4)12-15-7-5-6-8-16(15)17/h5-8,13-14,18H,9-12H2,1-4H3. The van der Waals surface area contributed by atoms with Crippen molar-refractivity contribution in [1.82, 2.24) is 10.2 Å². The zero-order chi connectivity index (χ0) is 14.3. The molecule has 0 radical (unpaired) electrons. The molecular weight excluding hydrogens is 300 g/mol. The second kappa shape index (κ2) is 8.72. The van der Waals surface area contributed by atoms with Crippen LogP contribution in [0, 0.1) is 5.92 Å². The molecule has 0 aliphatic rings. The molecule has 0 fully saturated rings. The third-order valence-corrected chi connectivity index (χ3v) is 4.20. The van der Waals surface area contributed by atoms with Crippen LogP contribution in [0.5, 0.6) is 0 Å². The fraction of sp³-hybridized carbons (Fsp3) is 0.625. The molecule has 1 unspecified atom stereocenters. The molecule has 0 saturated carbocycles. The lowest BCUT2D eigenvalue weighted by molar-refractivity contribution is 0.235. The van der Waals surface area contributed by atoms with Crippen molar-refractivity contribution in [2.45, 2.75) is 39.8 Å². The average molecular weight is 327 g/mol. The van der Waals surface area contributed by atoms with Crippen molar-refractivity contribution in [3.63, 3.8) is 0 Å². The fourth-order valence-corrected chi connectivity index (χ4v) is 2.38.